The summed E-state index contributed by atoms with van der Waals surface area (Å²) in [7, 11) is 0. The molecular weight excluding hydrogens is 222 g/mol. The molecule has 2 atom stereocenters. The average Bonchev–Trinajstić information content (AvgIpc) is 2.33. The first-order valence-corrected chi connectivity index (χ1v) is 6.86. The Balaban J connectivity index is 2.25. The minimum absolute atomic E-state index is 0.134. The molecule has 1 fully saturated rings. The zero-order valence-corrected chi connectivity index (χ0v) is 11.6. The van der Waals surface area contributed by atoms with Gasteiger partial charge < -0.3 is 5.73 Å². The third kappa shape index (κ3) is 2.64. The molecule has 1 saturated carbocycles. The number of Topliss-reactive ketones (excluding diaryl/α,β-unsaturated/α-hetero) is 1. The molecule has 0 radical (unpaired) electrons. The number of benzene rings is 1. The van der Waals surface area contributed by atoms with Gasteiger partial charge in [0.2, 0.25) is 0 Å². The molecule has 1 aromatic carbocycles. The molecule has 0 bridgehead atoms. The molecule has 0 heterocycles. The van der Waals surface area contributed by atoms with Crippen molar-refractivity contribution < 1.29 is 4.79 Å². The van der Waals surface area contributed by atoms with Crippen molar-refractivity contribution in [2.24, 2.45) is 11.7 Å². The first kappa shape index (κ1) is 13.3. The summed E-state index contributed by atoms with van der Waals surface area (Å²) in [5, 5.41) is 0. The van der Waals surface area contributed by atoms with E-state index in [1.807, 2.05) is 13.0 Å². The normalized spacial score (nSPS) is 24.0. The number of carbonyl (C=O) groups excluding carboxylic acids is 1. The smallest absolute Gasteiger partial charge is 0.166 e. The van der Waals surface area contributed by atoms with Crippen molar-refractivity contribution in [1.82, 2.24) is 0 Å². The number of carbonyl (C=O) groups is 1. The summed E-state index contributed by atoms with van der Waals surface area (Å²) in [5.41, 5.74) is 10.4. The van der Waals surface area contributed by atoms with Gasteiger partial charge in [0.25, 0.3) is 0 Å². The third-order valence-electron chi connectivity index (χ3n) is 4.19. The lowest BCUT2D eigenvalue weighted by molar-refractivity contribution is 0.0881. The van der Waals surface area contributed by atoms with Crippen molar-refractivity contribution in [3.63, 3.8) is 0 Å². The number of hydrogen-bond donors (Lipinski definition) is 1. The van der Waals surface area contributed by atoms with Crippen LogP contribution in [0.3, 0.4) is 0 Å². The Hall–Kier alpha value is -1.15. The molecule has 18 heavy (non-hydrogen) atoms. The Morgan fingerprint density at radius 3 is 2.44 bits per heavy atom. The Morgan fingerprint density at radius 1 is 1.11 bits per heavy atom. The first-order valence-electron chi connectivity index (χ1n) is 6.86. The molecule has 1 aliphatic rings. The van der Waals surface area contributed by atoms with Gasteiger partial charge in [0, 0.05) is 17.5 Å². The average molecular weight is 245 g/mol. The topological polar surface area (TPSA) is 43.1 Å². The Labute approximate surface area is 110 Å². The fourth-order valence-electron chi connectivity index (χ4n) is 2.91. The Bertz CT molecular complexity index is 464. The van der Waals surface area contributed by atoms with E-state index in [-0.39, 0.29) is 12.0 Å². The molecule has 2 nitrogen and oxygen atoms in total. The highest BCUT2D eigenvalue weighted by atomic mass is 16.1. The van der Waals surface area contributed by atoms with E-state index in [2.05, 4.69) is 19.9 Å². The van der Waals surface area contributed by atoms with Crippen molar-refractivity contribution in [3.05, 3.63) is 34.4 Å². The second kappa shape index (κ2) is 5.23. The summed E-state index contributed by atoms with van der Waals surface area (Å²) >= 11 is 0. The van der Waals surface area contributed by atoms with Crippen molar-refractivity contribution in [2.45, 2.75) is 52.5 Å². The van der Waals surface area contributed by atoms with Gasteiger partial charge >= 0.3 is 0 Å². The maximum Gasteiger partial charge on any atom is 0.166 e. The third-order valence-corrected chi connectivity index (χ3v) is 4.19. The molecular formula is C16H23NO. The van der Waals surface area contributed by atoms with Crippen LogP contribution in [0.4, 0.5) is 0 Å². The van der Waals surface area contributed by atoms with E-state index in [0.717, 1.165) is 36.8 Å². The fourth-order valence-corrected chi connectivity index (χ4v) is 2.91. The minimum atomic E-state index is 0.134. The predicted octanol–water partition coefficient (Wildman–Crippen LogP) is 3.31. The molecule has 0 aliphatic heterocycles. The lowest BCUT2D eigenvalue weighted by atomic mass is 9.80. The van der Waals surface area contributed by atoms with Gasteiger partial charge in [0.1, 0.15) is 0 Å². The highest BCUT2D eigenvalue weighted by Crippen LogP contribution is 2.28. The number of rotatable bonds is 2. The van der Waals surface area contributed by atoms with Crippen molar-refractivity contribution >= 4 is 5.78 Å². The van der Waals surface area contributed by atoms with Gasteiger partial charge in [-0.15, -0.1) is 0 Å². The zero-order valence-electron chi connectivity index (χ0n) is 11.6. The van der Waals surface area contributed by atoms with Crippen LogP contribution in [0.15, 0.2) is 12.1 Å². The van der Waals surface area contributed by atoms with Gasteiger partial charge in [0.15, 0.2) is 5.78 Å². The van der Waals surface area contributed by atoms with E-state index in [9.17, 15) is 4.79 Å². The van der Waals surface area contributed by atoms with Crippen LogP contribution >= 0.6 is 0 Å². The van der Waals surface area contributed by atoms with Gasteiger partial charge in [-0.1, -0.05) is 12.5 Å². The maximum absolute atomic E-state index is 12.6. The number of nitrogens with two attached hydrogens (primary N) is 1. The first-order chi connectivity index (χ1) is 8.49. The molecule has 0 aromatic heterocycles. The van der Waals surface area contributed by atoms with Crippen molar-refractivity contribution in [3.8, 4) is 0 Å². The van der Waals surface area contributed by atoms with Gasteiger partial charge in [-0.25, -0.2) is 0 Å². The zero-order chi connectivity index (χ0) is 13.3. The van der Waals surface area contributed by atoms with E-state index < -0.39 is 0 Å². The van der Waals surface area contributed by atoms with Crippen LogP contribution in [0.25, 0.3) is 0 Å². The number of ketones is 1. The van der Waals surface area contributed by atoms with E-state index >= 15 is 0 Å². The fraction of sp³-hybridized carbons (Fsp3) is 0.562. The van der Waals surface area contributed by atoms with Crippen LogP contribution in [-0.4, -0.2) is 11.8 Å². The molecule has 0 spiro atoms. The van der Waals surface area contributed by atoms with E-state index in [1.54, 1.807) is 0 Å². The van der Waals surface area contributed by atoms with Crippen LogP contribution in [-0.2, 0) is 0 Å². The van der Waals surface area contributed by atoms with Crippen molar-refractivity contribution in [1.29, 1.82) is 0 Å². The summed E-state index contributed by atoms with van der Waals surface area (Å²) in [6, 6.07) is 4.37. The molecule has 0 saturated heterocycles. The molecule has 1 aliphatic carbocycles. The van der Waals surface area contributed by atoms with Crippen LogP contribution < -0.4 is 5.73 Å². The summed E-state index contributed by atoms with van der Waals surface area (Å²) in [4.78, 5) is 12.6. The molecule has 2 unspecified atom stereocenters. The molecule has 2 rings (SSSR count). The quantitative estimate of drug-likeness (QED) is 0.812. The van der Waals surface area contributed by atoms with Crippen LogP contribution in [0.2, 0.25) is 0 Å². The van der Waals surface area contributed by atoms with Crippen molar-refractivity contribution in [2.75, 3.05) is 0 Å². The SMILES string of the molecule is Cc1cc(C)c(C(=O)C2CCCC(N)C2)cc1C. The number of aryl methyl sites for hydroxylation is 3. The van der Waals surface area contributed by atoms with Gasteiger partial charge in [-0.3, -0.25) is 4.79 Å². The molecule has 2 heteroatoms. The predicted molar refractivity (Wildman–Crippen MR) is 74.9 cm³/mol. The summed E-state index contributed by atoms with van der Waals surface area (Å²) in [6.45, 7) is 6.19. The summed E-state index contributed by atoms with van der Waals surface area (Å²) < 4.78 is 0. The highest BCUT2D eigenvalue weighted by molar-refractivity contribution is 5.99. The second-order valence-electron chi connectivity index (χ2n) is 5.74. The van der Waals surface area contributed by atoms with E-state index in [4.69, 9.17) is 5.73 Å². The Morgan fingerprint density at radius 2 is 1.78 bits per heavy atom. The standard InChI is InChI=1S/C16H23NO/c1-10-7-12(3)15(8-11(10)2)16(18)13-5-4-6-14(17)9-13/h7-8,13-14H,4-6,9,17H2,1-3H3. The lowest BCUT2D eigenvalue weighted by Gasteiger charge is -2.26. The van der Waals surface area contributed by atoms with Gasteiger partial charge in [-0.2, -0.15) is 0 Å². The lowest BCUT2D eigenvalue weighted by Crippen LogP contribution is -2.31. The molecule has 0 amide bonds. The molecule has 98 valence electrons. The molecule has 2 N–H and O–H groups in total. The van der Waals surface area contributed by atoms with Crippen LogP contribution in [0.5, 0.6) is 0 Å². The highest BCUT2D eigenvalue weighted by Gasteiger charge is 2.27. The molecule has 1 aromatic rings. The summed E-state index contributed by atoms with van der Waals surface area (Å²) in [6.07, 6.45) is 4.00. The number of hydrogen-bond acceptors (Lipinski definition) is 2. The van der Waals surface area contributed by atoms with E-state index in [1.165, 1.54) is 11.1 Å². The van der Waals surface area contributed by atoms with Crippen LogP contribution in [0, 0.1) is 26.7 Å². The minimum Gasteiger partial charge on any atom is -0.328 e. The Kier molecular flexibility index (Phi) is 3.86. The van der Waals surface area contributed by atoms with Gasteiger partial charge in [-0.05, 0) is 62.8 Å². The second-order valence-corrected chi connectivity index (χ2v) is 5.74. The largest absolute Gasteiger partial charge is 0.328 e. The maximum atomic E-state index is 12.6. The van der Waals surface area contributed by atoms with Gasteiger partial charge in [0.05, 0.1) is 0 Å². The van der Waals surface area contributed by atoms with E-state index in [0.29, 0.717) is 5.78 Å². The van der Waals surface area contributed by atoms with Crippen LogP contribution in [0.1, 0.15) is 52.7 Å². The monoisotopic (exact) mass is 245 g/mol. The summed E-state index contributed by atoms with van der Waals surface area (Å²) in [5.74, 6) is 0.431.